The van der Waals surface area contributed by atoms with Crippen LogP contribution < -0.4 is 4.90 Å². The quantitative estimate of drug-likeness (QED) is 0.822. The Bertz CT molecular complexity index is 432. The number of benzene rings is 1. The third kappa shape index (κ3) is 3.01. The van der Waals surface area contributed by atoms with Gasteiger partial charge in [-0.15, -0.1) is 0 Å². The van der Waals surface area contributed by atoms with Gasteiger partial charge in [0.05, 0.1) is 11.3 Å². The molecule has 0 heterocycles. The highest BCUT2D eigenvalue weighted by molar-refractivity contribution is 9.10. The van der Waals surface area contributed by atoms with Crippen molar-refractivity contribution in [2.45, 2.75) is 26.2 Å². The minimum Gasteiger partial charge on any atom is -0.370 e. The molecule has 1 aliphatic carbocycles. The predicted molar refractivity (Wildman–Crippen MR) is 74.1 cm³/mol. The Morgan fingerprint density at radius 2 is 2.24 bits per heavy atom. The van der Waals surface area contributed by atoms with Gasteiger partial charge in [0.2, 0.25) is 0 Å². The van der Waals surface area contributed by atoms with Crippen LogP contribution in [0.2, 0.25) is 0 Å². The lowest BCUT2D eigenvalue weighted by Gasteiger charge is -2.25. The molecule has 0 amide bonds. The van der Waals surface area contributed by atoms with Crippen molar-refractivity contribution in [2.75, 3.05) is 18.0 Å². The van der Waals surface area contributed by atoms with E-state index in [0.29, 0.717) is 0 Å². The van der Waals surface area contributed by atoms with E-state index < -0.39 is 0 Å². The third-order valence-electron chi connectivity index (χ3n) is 3.11. The number of halogens is 1. The van der Waals surface area contributed by atoms with E-state index in [2.05, 4.69) is 39.9 Å². The highest BCUT2D eigenvalue weighted by Gasteiger charge is 2.25. The highest BCUT2D eigenvalue weighted by atomic mass is 79.9. The van der Waals surface area contributed by atoms with Gasteiger partial charge >= 0.3 is 0 Å². The molecule has 0 spiro atoms. The Labute approximate surface area is 111 Å². The number of nitrogens with zero attached hydrogens (tertiary/aromatic N) is 2. The van der Waals surface area contributed by atoms with E-state index in [9.17, 15) is 5.26 Å². The van der Waals surface area contributed by atoms with E-state index in [-0.39, 0.29) is 0 Å². The zero-order valence-electron chi connectivity index (χ0n) is 10.1. The van der Waals surface area contributed by atoms with Crippen LogP contribution in [0.5, 0.6) is 0 Å². The molecule has 3 heteroatoms. The minimum atomic E-state index is 0.765. The summed E-state index contributed by atoms with van der Waals surface area (Å²) in [7, 11) is 0. The van der Waals surface area contributed by atoms with Gasteiger partial charge in [0.1, 0.15) is 6.07 Å². The first-order valence-corrected chi connectivity index (χ1v) is 6.99. The molecule has 1 saturated carbocycles. The molecule has 1 aromatic carbocycles. The maximum Gasteiger partial charge on any atom is 0.103 e. The van der Waals surface area contributed by atoms with Crippen LogP contribution in [0, 0.1) is 17.2 Å². The van der Waals surface area contributed by atoms with E-state index in [0.717, 1.165) is 41.2 Å². The van der Waals surface area contributed by atoms with Crippen molar-refractivity contribution in [3.05, 3.63) is 28.2 Å². The van der Waals surface area contributed by atoms with Crippen LogP contribution in [0.1, 0.15) is 31.7 Å². The fraction of sp³-hybridized carbons (Fsp3) is 0.500. The fourth-order valence-electron chi connectivity index (χ4n) is 2.08. The third-order valence-corrected chi connectivity index (χ3v) is 3.77. The summed E-state index contributed by atoms with van der Waals surface area (Å²) in [6, 6.07) is 8.31. The monoisotopic (exact) mass is 292 g/mol. The molecule has 1 fully saturated rings. The SMILES string of the molecule is CCCN(CC1CC1)c1cccc(Br)c1C#N. The van der Waals surface area contributed by atoms with Crippen LogP contribution in [-0.4, -0.2) is 13.1 Å². The molecule has 0 unspecified atom stereocenters. The molecule has 17 heavy (non-hydrogen) atoms. The van der Waals surface area contributed by atoms with Crippen LogP contribution >= 0.6 is 15.9 Å². The van der Waals surface area contributed by atoms with Gasteiger partial charge in [0.25, 0.3) is 0 Å². The van der Waals surface area contributed by atoms with Crippen LogP contribution in [0.3, 0.4) is 0 Å². The summed E-state index contributed by atoms with van der Waals surface area (Å²) in [5, 5.41) is 9.26. The smallest absolute Gasteiger partial charge is 0.103 e. The van der Waals surface area contributed by atoms with Crippen molar-refractivity contribution in [3.63, 3.8) is 0 Å². The first-order chi connectivity index (χ1) is 8.26. The summed E-state index contributed by atoms with van der Waals surface area (Å²) in [6.07, 6.45) is 3.80. The largest absolute Gasteiger partial charge is 0.370 e. The summed E-state index contributed by atoms with van der Waals surface area (Å²) in [5.41, 5.74) is 1.84. The van der Waals surface area contributed by atoms with Crippen molar-refractivity contribution < 1.29 is 0 Å². The van der Waals surface area contributed by atoms with E-state index in [1.807, 2.05) is 12.1 Å². The minimum absolute atomic E-state index is 0.765. The van der Waals surface area contributed by atoms with Crippen molar-refractivity contribution in [3.8, 4) is 6.07 Å². The zero-order valence-corrected chi connectivity index (χ0v) is 11.7. The molecule has 0 bridgehead atoms. The number of hydrogen-bond acceptors (Lipinski definition) is 2. The van der Waals surface area contributed by atoms with Gasteiger partial charge in [-0.1, -0.05) is 13.0 Å². The van der Waals surface area contributed by atoms with Crippen molar-refractivity contribution >= 4 is 21.6 Å². The molecule has 0 atom stereocenters. The average molecular weight is 293 g/mol. The molecule has 0 saturated heterocycles. The van der Waals surface area contributed by atoms with Gasteiger partial charge in [-0.3, -0.25) is 0 Å². The molecular formula is C14H17BrN2. The maximum absolute atomic E-state index is 9.26. The summed E-state index contributed by atoms with van der Waals surface area (Å²) in [6.45, 7) is 4.31. The molecular weight excluding hydrogens is 276 g/mol. The first-order valence-electron chi connectivity index (χ1n) is 6.19. The van der Waals surface area contributed by atoms with E-state index >= 15 is 0 Å². The van der Waals surface area contributed by atoms with E-state index in [4.69, 9.17) is 0 Å². The number of nitriles is 1. The lowest BCUT2D eigenvalue weighted by atomic mass is 10.1. The van der Waals surface area contributed by atoms with Crippen molar-refractivity contribution in [2.24, 2.45) is 5.92 Å². The zero-order chi connectivity index (χ0) is 12.3. The maximum atomic E-state index is 9.26. The summed E-state index contributed by atoms with van der Waals surface area (Å²) >= 11 is 3.46. The van der Waals surface area contributed by atoms with Crippen LogP contribution in [0.25, 0.3) is 0 Å². The molecule has 0 radical (unpaired) electrons. The van der Waals surface area contributed by atoms with Crippen molar-refractivity contribution in [1.82, 2.24) is 0 Å². The second-order valence-corrected chi connectivity index (χ2v) is 5.49. The second-order valence-electron chi connectivity index (χ2n) is 4.64. The number of rotatable bonds is 5. The molecule has 90 valence electrons. The number of anilines is 1. The second kappa shape index (κ2) is 5.55. The molecule has 1 aliphatic rings. The Kier molecular flexibility index (Phi) is 4.06. The van der Waals surface area contributed by atoms with Crippen LogP contribution in [-0.2, 0) is 0 Å². The fourth-order valence-corrected chi connectivity index (χ4v) is 2.52. The van der Waals surface area contributed by atoms with Crippen molar-refractivity contribution in [1.29, 1.82) is 5.26 Å². The summed E-state index contributed by atoms with van der Waals surface area (Å²) in [4.78, 5) is 2.36. The standard InChI is InChI=1S/C14H17BrN2/c1-2-8-17(10-11-6-7-11)14-5-3-4-13(15)12(14)9-16/h3-5,11H,2,6-8,10H2,1H3. The van der Waals surface area contributed by atoms with Gasteiger partial charge in [-0.05, 0) is 53.2 Å². The lowest BCUT2D eigenvalue weighted by molar-refractivity contribution is 0.707. The number of hydrogen-bond donors (Lipinski definition) is 0. The van der Waals surface area contributed by atoms with Gasteiger partial charge in [0.15, 0.2) is 0 Å². The molecule has 0 aliphatic heterocycles. The Balaban J connectivity index is 2.27. The van der Waals surface area contributed by atoms with Gasteiger partial charge in [-0.25, -0.2) is 0 Å². The lowest BCUT2D eigenvalue weighted by Crippen LogP contribution is -2.27. The molecule has 0 aromatic heterocycles. The first kappa shape index (κ1) is 12.4. The summed E-state index contributed by atoms with van der Waals surface area (Å²) < 4.78 is 0.898. The van der Waals surface area contributed by atoms with Crippen LogP contribution in [0.4, 0.5) is 5.69 Å². The van der Waals surface area contributed by atoms with E-state index in [1.54, 1.807) is 0 Å². The topological polar surface area (TPSA) is 27.0 Å². The Hall–Kier alpha value is -1.01. The van der Waals surface area contributed by atoms with Crippen LogP contribution in [0.15, 0.2) is 22.7 Å². The van der Waals surface area contributed by atoms with E-state index in [1.165, 1.54) is 12.8 Å². The molecule has 2 nitrogen and oxygen atoms in total. The Morgan fingerprint density at radius 1 is 1.47 bits per heavy atom. The normalized spacial score (nSPS) is 14.4. The molecule has 2 rings (SSSR count). The Morgan fingerprint density at radius 3 is 2.82 bits per heavy atom. The van der Waals surface area contributed by atoms with Gasteiger partial charge in [-0.2, -0.15) is 5.26 Å². The predicted octanol–water partition coefficient (Wildman–Crippen LogP) is 3.95. The van der Waals surface area contributed by atoms with Gasteiger partial charge in [0, 0.05) is 17.6 Å². The average Bonchev–Trinajstić information content (AvgIpc) is 3.12. The molecule has 1 aromatic rings. The highest BCUT2D eigenvalue weighted by Crippen LogP contribution is 2.34. The molecule has 0 N–H and O–H groups in total. The van der Waals surface area contributed by atoms with Gasteiger partial charge < -0.3 is 4.90 Å². The summed E-state index contributed by atoms with van der Waals surface area (Å²) in [5.74, 6) is 0.840.